The molecule has 0 aromatic heterocycles. The summed E-state index contributed by atoms with van der Waals surface area (Å²) < 4.78 is 7.39. The van der Waals surface area contributed by atoms with Crippen molar-refractivity contribution in [3.8, 4) is 5.75 Å². The molecule has 6 rings (SSSR count). The Morgan fingerprint density at radius 2 is 1.00 bits per heavy atom. The molecule has 1 heteroatoms. The quantitative estimate of drug-likeness (QED) is 0.248. The fourth-order valence-corrected chi connectivity index (χ4v) is 5.35. The molecule has 0 atom stereocenters. The van der Waals surface area contributed by atoms with Crippen molar-refractivity contribution in [2.24, 2.45) is 0 Å². The van der Waals surface area contributed by atoms with Crippen LogP contribution in [0, 0.1) is 0 Å². The van der Waals surface area contributed by atoms with Gasteiger partial charge in [0.2, 0.25) is 0 Å². The lowest BCUT2D eigenvalue weighted by atomic mass is 9.79. The van der Waals surface area contributed by atoms with Crippen LogP contribution in [0.25, 0.3) is 11.1 Å². The first-order chi connectivity index (χ1) is 17.9. The van der Waals surface area contributed by atoms with Crippen LogP contribution in [0.2, 0.25) is 0 Å². The van der Waals surface area contributed by atoms with E-state index in [1.807, 2.05) is 0 Å². The summed E-state index contributed by atoms with van der Waals surface area (Å²) >= 11 is 0. The molecular formula is C35H28O. The van der Waals surface area contributed by atoms with Gasteiger partial charge < -0.3 is 4.74 Å². The van der Waals surface area contributed by atoms with Gasteiger partial charge in [-0.15, -0.1) is 0 Å². The maximum absolute atomic E-state index is 7.39. The minimum Gasteiger partial charge on any atom is -0.472 e. The van der Waals surface area contributed by atoms with Crippen molar-refractivity contribution in [3.63, 3.8) is 0 Å². The molecule has 0 spiro atoms. The standard InChI is InChI=1S/C35H28O/c1-4-19-29(20-5-1)35(30-21-6-2-7-22-30,31-23-8-3-9-24-31)36-33-26-14-25-32(27-15-10-11-16-27)34(33)28-17-12-13-18-28/h1-15,17,19-26H,16,18H2. The fraction of sp³-hybridized carbons (Fsp3) is 0.0857. The summed E-state index contributed by atoms with van der Waals surface area (Å²) in [6, 6.07) is 38.2. The normalized spacial score (nSPS) is 14.6. The molecule has 2 aliphatic carbocycles. The van der Waals surface area contributed by atoms with Crippen molar-refractivity contribution < 1.29 is 4.74 Å². The number of hydrogen-bond donors (Lipinski definition) is 0. The van der Waals surface area contributed by atoms with Crippen molar-refractivity contribution >= 4 is 11.1 Å². The Hall–Kier alpha value is -4.36. The second kappa shape index (κ2) is 9.71. The molecule has 36 heavy (non-hydrogen) atoms. The van der Waals surface area contributed by atoms with Gasteiger partial charge in [-0.3, -0.25) is 0 Å². The zero-order valence-corrected chi connectivity index (χ0v) is 20.2. The first-order valence-corrected chi connectivity index (χ1v) is 12.6. The highest BCUT2D eigenvalue weighted by atomic mass is 16.5. The maximum atomic E-state index is 7.39. The number of ether oxygens (including phenoxy) is 1. The lowest BCUT2D eigenvalue weighted by Gasteiger charge is -2.37. The lowest BCUT2D eigenvalue weighted by Crippen LogP contribution is -2.36. The summed E-state index contributed by atoms with van der Waals surface area (Å²) in [5, 5.41) is 0. The SMILES string of the molecule is C1=CCC(c2cccc(OC(c3ccccc3)(c3ccccc3)c3ccccc3)c2C2=CC=CC2)=C1. The van der Waals surface area contributed by atoms with E-state index in [2.05, 4.69) is 146 Å². The molecule has 0 amide bonds. The summed E-state index contributed by atoms with van der Waals surface area (Å²) in [5.74, 6) is 0.895. The van der Waals surface area contributed by atoms with Gasteiger partial charge in [-0.1, -0.05) is 140 Å². The number of hydrogen-bond acceptors (Lipinski definition) is 1. The molecule has 0 unspecified atom stereocenters. The van der Waals surface area contributed by atoms with Crippen LogP contribution in [0.15, 0.2) is 146 Å². The Morgan fingerprint density at radius 1 is 0.500 bits per heavy atom. The molecular weight excluding hydrogens is 436 g/mol. The summed E-state index contributed by atoms with van der Waals surface area (Å²) in [4.78, 5) is 0. The third-order valence-corrected chi connectivity index (χ3v) is 7.04. The first-order valence-electron chi connectivity index (χ1n) is 12.6. The molecule has 0 N–H and O–H groups in total. The monoisotopic (exact) mass is 464 g/mol. The van der Waals surface area contributed by atoms with Crippen molar-refractivity contribution in [1.29, 1.82) is 0 Å². The summed E-state index contributed by atoms with van der Waals surface area (Å²) in [6.45, 7) is 0. The van der Waals surface area contributed by atoms with E-state index in [9.17, 15) is 0 Å². The van der Waals surface area contributed by atoms with E-state index in [4.69, 9.17) is 4.74 Å². The summed E-state index contributed by atoms with van der Waals surface area (Å²) in [7, 11) is 0. The lowest BCUT2D eigenvalue weighted by molar-refractivity contribution is 0.155. The van der Waals surface area contributed by atoms with Gasteiger partial charge in [-0.2, -0.15) is 0 Å². The highest BCUT2D eigenvalue weighted by Gasteiger charge is 2.39. The maximum Gasteiger partial charge on any atom is 0.184 e. The van der Waals surface area contributed by atoms with Gasteiger partial charge in [-0.05, 0) is 35.6 Å². The molecule has 4 aromatic rings. The van der Waals surface area contributed by atoms with Gasteiger partial charge in [0.1, 0.15) is 5.75 Å². The predicted molar refractivity (Wildman–Crippen MR) is 150 cm³/mol. The van der Waals surface area contributed by atoms with Crippen molar-refractivity contribution in [1.82, 2.24) is 0 Å². The Bertz CT molecular complexity index is 1380. The summed E-state index contributed by atoms with van der Waals surface area (Å²) in [5.41, 5.74) is 7.52. The van der Waals surface area contributed by atoms with Crippen LogP contribution in [0.4, 0.5) is 0 Å². The Kier molecular flexibility index (Phi) is 5.97. The van der Waals surface area contributed by atoms with Crippen LogP contribution in [-0.2, 0) is 5.60 Å². The van der Waals surface area contributed by atoms with Gasteiger partial charge in [-0.25, -0.2) is 0 Å². The molecule has 2 aliphatic rings. The average molecular weight is 465 g/mol. The Balaban J connectivity index is 1.62. The van der Waals surface area contributed by atoms with Crippen molar-refractivity contribution in [3.05, 3.63) is 173 Å². The zero-order valence-electron chi connectivity index (χ0n) is 20.2. The molecule has 0 radical (unpaired) electrons. The smallest absolute Gasteiger partial charge is 0.184 e. The highest BCUT2D eigenvalue weighted by Crippen LogP contribution is 2.46. The fourth-order valence-electron chi connectivity index (χ4n) is 5.35. The van der Waals surface area contributed by atoms with E-state index >= 15 is 0 Å². The van der Waals surface area contributed by atoms with Gasteiger partial charge in [0, 0.05) is 22.3 Å². The van der Waals surface area contributed by atoms with E-state index in [1.54, 1.807) is 0 Å². The van der Waals surface area contributed by atoms with Crippen molar-refractivity contribution in [2.45, 2.75) is 18.4 Å². The van der Waals surface area contributed by atoms with Gasteiger partial charge >= 0.3 is 0 Å². The first kappa shape index (κ1) is 22.1. The Morgan fingerprint density at radius 3 is 1.47 bits per heavy atom. The van der Waals surface area contributed by atoms with Crippen molar-refractivity contribution in [2.75, 3.05) is 0 Å². The van der Waals surface area contributed by atoms with E-state index in [0.717, 1.165) is 35.3 Å². The predicted octanol–water partition coefficient (Wildman–Crippen LogP) is 8.74. The van der Waals surface area contributed by atoms with E-state index < -0.39 is 5.60 Å². The number of allylic oxidation sites excluding steroid dienone is 8. The van der Waals surface area contributed by atoms with E-state index in [1.165, 1.54) is 22.3 Å². The summed E-state index contributed by atoms with van der Waals surface area (Å²) in [6.07, 6.45) is 15.0. The Labute approximate surface area is 213 Å². The van der Waals surface area contributed by atoms with Gasteiger partial charge in [0.25, 0.3) is 0 Å². The highest BCUT2D eigenvalue weighted by molar-refractivity contribution is 5.86. The zero-order chi connectivity index (χ0) is 24.2. The molecule has 4 aromatic carbocycles. The molecule has 0 saturated heterocycles. The van der Waals surface area contributed by atoms with Gasteiger partial charge in [0.05, 0.1) is 0 Å². The topological polar surface area (TPSA) is 9.23 Å². The van der Waals surface area contributed by atoms with Crippen LogP contribution in [0.3, 0.4) is 0 Å². The second-order valence-electron chi connectivity index (χ2n) is 9.21. The molecule has 0 bridgehead atoms. The van der Waals surface area contributed by atoms with E-state index in [-0.39, 0.29) is 0 Å². The third-order valence-electron chi connectivity index (χ3n) is 7.04. The largest absolute Gasteiger partial charge is 0.472 e. The number of benzene rings is 4. The molecule has 0 fully saturated rings. The average Bonchev–Trinajstić information content (AvgIpc) is 3.68. The van der Waals surface area contributed by atoms with Crippen LogP contribution in [-0.4, -0.2) is 0 Å². The van der Waals surface area contributed by atoms with E-state index in [0.29, 0.717) is 0 Å². The molecule has 0 heterocycles. The molecule has 0 aliphatic heterocycles. The third kappa shape index (κ3) is 3.93. The minimum absolute atomic E-state index is 0.813. The van der Waals surface area contributed by atoms with Crippen LogP contribution >= 0.6 is 0 Å². The van der Waals surface area contributed by atoms with Gasteiger partial charge in [0.15, 0.2) is 5.60 Å². The number of rotatable bonds is 7. The van der Waals surface area contributed by atoms with Crippen LogP contribution in [0.1, 0.15) is 40.7 Å². The molecule has 174 valence electrons. The van der Waals surface area contributed by atoms with Crippen LogP contribution < -0.4 is 4.74 Å². The molecule has 1 nitrogen and oxygen atoms in total. The minimum atomic E-state index is -0.813. The second-order valence-corrected chi connectivity index (χ2v) is 9.21. The molecule has 0 saturated carbocycles. The van der Waals surface area contributed by atoms with Crippen LogP contribution in [0.5, 0.6) is 5.75 Å².